The molecule has 2 fully saturated rings. The highest BCUT2D eigenvalue weighted by Gasteiger charge is 2.20. The fourth-order valence-electron chi connectivity index (χ4n) is 3.12. The maximum atomic E-state index is 9.96. The van der Waals surface area contributed by atoms with Gasteiger partial charge in [0.05, 0.1) is 18.8 Å². The highest BCUT2D eigenvalue weighted by molar-refractivity contribution is 4.71. The van der Waals surface area contributed by atoms with E-state index in [2.05, 4.69) is 17.4 Å². The number of hydrazine groups is 1. The van der Waals surface area contributed by atoms with Gasteiger partial charge < -0.3 is 9.84 Å². The lowest BCUT2D eigenvalue weighted by atomic mass is 9.89. The number of hydrogen-bond acceptors (Lipinski definition) is 4. The zero-order valence-electron chi connectivity index (χ0n) is 12.3. The molecule has 0 aromatic carbocycles. The second-order valence-corrected chi connectivity index (χ2v) is 6.29. The summed E-state index contributed by atoms with van der Waals surface area (Å²) in [7, 11) is 0. The van der Waals surface area contributed by atoms with Crippen molar-refractivity contribution >= 4 is 0 Å². The first-order chi connectivity index (χ1) is 9.24. The smallest absolute Gasteiger partial charge is 0.0911 e. The van der Waals surface area contributed by atoms with Crippen LogP contribution < -0.4 is 5.43 Å². The quantitative estimate of drug-likeness (QED) is 0.774. The minimum Gasteiger partial charge on any atom is -0.389 e. The molecule has 3 unspecified atom stereocenters. The van der Waals surface area contributed by atoms with Crippen molar-refractivity contribution in [3.05, 3.63) is 0 Å². The molecule has 2 N–H and O–H groups in total. The second kappa shape index (κ2) is 8.20. The molecule has 3 atom stereocenters. The molecule has 2 rings (SSSR count). The zero-order valence-corrected chi connectivity index (χ0v) is 12.3. The molecule has 1 heterocycles. The summed E-state index contributed by atoms with van der Waals surface area (Å²) in [5.74, 6) is 0.780. The molecule has 4 nitrogen and oxygen atoms in total. The molecule has 19 heavy (non-hydrogen) atoms. The van der Waals surface area contributed by atoms with Crippen molar-refractivity contribution in [2.24, 2.45) is 5.92 Å². The van der Waals surface area contributed by atoms with Crippen LogP contribution in [0.5, 0.6) is 0 Å². The topological polar surface area (TPSA) is 44.7 Å². The van der Waals surface area contributed by atoms with Crippen LogP contribution in [-0.4, -0.2) is 48.6 Å². The third-order valence-electron chi connectivity index (χ3n) is 4.32. The van der Waals surface area contributed by atoms with Gasteiger partial charge in [0.15, 0.2) is 0 Å². The van der Waals surface area contributed by atoms with Crippen LogP contribution in [0.15, 0.2) is 0 Å². The Morgan fingerprint density at radius 2 is 2.00 bits per heavy atom. The van der Waals surface area contributed by atoms with Crippen molar-refractivity contribution in [3.8, 4) is 0 Å². The first-order valence-electron chi connectivity index (χ1n) is 8.02. The van der Waals surface area contributed by atoms with Crippen LogP contribution in [-0.2, 0) is 4.74 Å². The molecule has 0 radical (unpaired) electrons. The van der Waals surface area contributed by atoms with Crippen LogP contribution in [0, 0.1) is 5.92 Å². The van der Waals surface area contributed by atoms with E-state index in [1.165, 1.54) is 32.1 Å². The summed E-state index contributed by atoms with van der Waals surface area (Å²) in [6, 6.07) is 0. The van der Waals surface area contributed by atoms with Gasteiger partial charge in [-0.15, -0.1) is 0 Å². The minimum absolute atomic E-state index is 0.369. The molecule has 112 valence electrons. The van der Waals surface area contributed by atoms with Gasteiger partial charge in [0.25, 0.3) is 0 Å². The fraction of sp³-hybridized carbons (Fsp3) is 1.00. The first kappa shape index (κ1) is 15.2. The van der Waals surface area contributed by atoms with E-state index in [4.69, 9.17) is 4.74 Å². The lowest BCUT2D eigenvalue weighted by Gasteiger charge is -2.30. The number of hydrogen-bond donors (Lipinski definition) is 2. The molecule has 0 aromatic rings. The highest BCUT2D eigenvalue weighted by Crippen LogP contribution is 2.25. The van der Waals surface area contributed by atoms with Crippen molar-refractivity contribution in [2.45, 2.75) is 64.1 Å². The first-order valence-corrected chi connectivity index (χ1v) is 8.02. The molecule has 1 saturated carbocycles. The predicted molar refractivity (Wildman–Crippen MR) is 76.8 cm³/mol. The van der Waals surface area contributed by atoms with Gasteiger partial charge in [-0.3, -0.25) is 5.43 Å². The molecule has 0 amide bonds. The van der Waals surface area contributed by atoms with E-state index in [1.54, 1.807) is 0 Å². The lowest BCUT2D eigenvalue weighted by molar-refractivity contribution is -0.0362. The maximum Gasteiger partial charge on any atom is 0.0911 e. The van der Waals surface area contributed by atoms with E-state index < -0.39 is 0 Å². The average Bonchev–Trinajstić information content (AvgIpc) is 2.44. The van der Waals surface area contributed by atoms with Crippen LogP contribution in [0.2, 0.25) is 0 Å². The third-order valence-corrected chi connectivity index (χ3v) is 4.32. The zero-order chi connectivity index (χ0) is 13.5. The monoisotopic (exact) mass is 270 g/mol. The summed E-state index contributed by atoms with van der Waals surface area (Å²) >= 11 is 0. The summed E-state index contributed by atoms with van der Waals surface area (Å²) in [6.45, 7) is 5.59. The van der Waals surface area contributed by atoms with E-state index in [0.29, 0.717) is 19.3 Å². The van der Waals surface area contributed by atoms with Crippen molar-refractivity contribution in [1.82, 2.24) is 10.4 Å². The Hall–Kier alpha value is -0.160. The largest absolute Gasteiger partial charge is 0.389 e. The second-order valence-electron chi connectivity index (χ2n) is 6.29. The SMILES string of the molecule is CC1CCCC(OCC(O)CNN2CCCCC2)C1. The predicted octanol–water partition coefficient (Wildman–Crippen LogP) is 1.93. The third kappa shape index (κ3) is 5.78. The lowest BCUT2D eigenvalue weighted by Crippen LogP contribution is -2.46. The van der Waals surface area contributed by atoms with Gasteiger partial charge in [-0.2, -0.15) is 0 Å². The summed E-state index contributed by atoms with van der Waals surface area (Å²) in [6.07, 6.45) is 8.77. The van der Waals surface area contributed by atoms with Crippen molar-refractivity contribution < 1.29 is 9.84 Å². The van der Waals surface area contributed by atoms with Gasteiger partial charge in [0, 0.05) is 19.6 Å². The Morgan fingerprint density at radius 1 is 1.21 bits per heavy atom. The molecule has 0 bridgehead atoms. The Balaban J connectivity index is 1.54. The van der Waals surface area contributed by atoms with E-state index in [-0.39, 0.29) is 6.10 Å². The van der Waals surface area contributed by atoms with Gasteiger partial charge >= 0.3 is 0 Å². The van der Waals surface area contributed by atoms with E-state index in [9.17, 15) is 5.11 Å². The maximum absolute atomic E-state index is 9.96. The van der Waals surface area contributed by atoms with Gasteiger partial charge in [-0.1, -0.05) is 26.2 Å². The molecule has 1 aliphatic carbocycles. The molecule has 2 aliphatic rings. The van der Waals surface area contributed by atoms with Crippen LogP contribution in [0.25, 0.3) is 0 Å². The van der Waals surface area contributed by atoms with E-state index in [0.717, 1.165) is 31.8 Å². The van der Waals surface area contributed by atoms with Gasteiger partial charge in [0.1, 0.15) is 0 Å². The molecule has 4 heteroatoms. The van der Waals surface area contributed by atoms with Gasteiger partial charge in [0.2, 0.25) is 0 Å². The summed E-state index contributed by atoms with van der Waals surface area (Å²) in [4.78, 5) is 0. The molecule has 1 aliphatic heterocycles. The van der Waals surface area contributed by atoms with Crippen molar-refractivity contribution in [2.75, 3.05) is 26.2 Å². The molecule has 1 saturated heterocycles. The Labute approximate surface area is 117 Å². The van der Waals surface area contributed by atoms with E-state index in [1.807, 2.05) is 0 Å². The Morgan fingerprint density at radius 3 is 2.74 bits per heavy atom. The van der Waals surface area contributed by atoms with Crippen LogP contribution >= 0.6 is 0 Å². The highest BCUT2D eigenvalue weighted by atomic mass is 16.5. The van der Waals surface area contributed by atoms with Crippen molar-refractivity contribution in [1.29, 1.82) is 0 Å². The molecular weight excluding hydrogens is 240 g/mol. The number of piperidine rings is 1. The van der Waals surface area contributed by atoms with Crippen LogP contribution in [0.1, 0.15) is 51.9 Å². The standard InChI is InChI=1S/C15H30N2O2/c1-13-6-5-7-15(10-13)19-12-14(18)11-16-17-8-3-2-4-9-17/h13-16,18H,2-12H2,1H3. The van der Waals surface area contributed by atoms with E-state index >= 15 is 0 Å². The van der Waals surface area contributed by atoms with Gasteiger partial charge in [-0.05, 0) is 31.6 Å². The molecular formula is C15H30N2O2. The number of nitrogens with one attached hydrogen (secondary N) is 1. The Kier molecular flexibility index (Phi) is 6.57. The average molecular weight is 270 g/mol. The number of aliphatic hydroxyl groups excluding tert-OH is 1. The number of aliphatic hydroxyl groups is 1. The Bertz CT molecular complexity index is 244. The normalized spacial score (nSPS) is 31.3. The van der Waals surface area contributed by atoms with Crippen molar-refractivity contribution in [3.63, 3.8) is 0 Å². The van der Waals surface area contributed by atoms with Gasteiger partial charge in [-0.25, -0.2) is 5.01 Å². The summed E-state index contributed by atoms with van der Waals surface area (Å²) in [5, 5.41) is 12.2. The number of rotatable bonds is 6. The summed E-state index contributed by atoms with van der Waals surface area (Å²) < 4.78 is 5.85. The van der Waals surface area contributed by atoms with Crippen LogP contribution in [0.4, 0.5) is 0 Å². The minimum atomic E-state index is -0.390. The molecule has 0 spiro atoms. The van der Waals surface area contributed by atoms with Crippen LogP contribution in [0.3, 0.4) is 0 Å². The summed E-state index contributed by atoms with van der Waals surface area (Å²) in [5.41, 5.74) is 3.32. The number of nitrogens with zero attached hydrogens (tertiary/aromatic N) is 1. The molecule has 0 aromatic heterocycles. The number of ether oxygens (including phenoxy) is 1. The fourth-order valence-corrected chi connectivity index (χ4v) is 3.12.